The van der Waals surface area contributed by atoms with Crippen LogP contribution in [0.4, 0.5) is 28.2 Å². The summed E-state index contributed by atoms with van der Waals surface area (Å²) in [7, 11) is 1.26. The Morgan fingerprint density at radius 2 is 2.00 bits per heavy atom. The van der Waals surface area contributed by atoms with Crippen molar-refractivity contribution in [1.29, 1.82) is 5.53 Å². The molecule has 0 saturated heterocycles. The van der Waals surface area contributed by atoms with Gasteiger partial charge < -0.3 is 14.2 Å². The number of likely N-dealkylation sites (N-methyl/N-ethyl adjacent to an activating group) is 1. The standard InChI is InChI=1S/C25H23ClF4N6O4/c1-36(22(37)9-8-15-4-3-7-19(28)23(15)26)18(12-25(29,30)14-32-35-31)13-39-24(38)33-21-11-20(40-34-21)16-5-2-6-17(27)10-16/h2-7,10-11,18,31H,8-9,12-14H2,1H3/p+1/t18-/m0/s1. The summed E-state index contributed by atoms with van der Waals surface area (Å²) in [4.78, 5) is 28.7. The average molecular weight is 584 g/mol. The number of ether oxygens (including phenoxy) is 1. The van der Waals surface area contributed by atoms with Crippen molar-refractivity contribution in [2.24, 2.45) is 5.11 Å². The summed E-state index contributed by atoms with van der Waals surface area (Å²) in [6.07, 6.45) is -2.19. The van der Waals surface area contributed by atoms with E-state index in [4.69, 9.17) is 26.4 Å². The van der Waals surface area contributed by atoms with E-state index >= 15 is 0 Å². The zero-order valence-corrected chi connectivity index (χ0v) is 21.8. The fraction of sp³-hybridized carbons (Fsp3) is 0.320. The van der Waals surface area contributed by atoms with Crippen LogP contribution >= 0.6 is 11.6 Å². The van der Waals surface area contributed by atoms with E-state index in [1.165, 1.54) is 43.4 Å². The molecule has 0 radical (unpaired) electrons. The molecule has 0 aliphatic heterocycles. The second kappa shape index (κ2) is 13.7. The Labute approximate surface area is 230 Å². The lowest BCUT2D eigenvalue weighted by molar-refractivity contribution is -0.134. The van der Waals surface area contributed by atoms with Gasteiger partial charge in [-0.05, 0) is 30.2 Å². The number of carbonyl (C=O) groups excluding carboxylic acids is 2. The molecule has 1 atom stereocenters. The van der Waals surface area contributed by atoms with Gasteiger partial charge in [-0.2, -0.15) is 0 Å². The molecule has 2 amide bonds. The van der Waals surface area contributed by atoms with E-state index in [2.05, 4.69) is 20.5 Å². The second-order valence-corrected chi connectivity index (χ2v) is 9.02. The highest BCUT2D eigenvalue weighted by Gasteiger charge is 2.38. The molecule has 0 unspecified atom stereocenters. The number of hydrogen-bond acceptors (Lipinski definition) is 7. The van der Waals surface area contributed by atoms with Crippen LogP contribution in [0.2, 0.25) is 5.02 Å². The monoisotopic (exact) mass is 583 g/mol. The van der Waals surface area contributed by atoms with Crippen molar-refractivity contribution in [2.45, 2.75) is 31.2 Å². The van der Waals surface area contributed by atoms with E-state index < -0.39 is 55.2 Å². The van der Waals surface area contributed by atoms with E-state index in [1.807, 2.05) is 0 Å². The van der Waals surface area contributed by atoms with Gasteiger partial charge in [0.25, 0.3) is 5.92 Å². The predicted molar refractivity (Wildman–Crippen MR) is 135 cm³/mol. The zero-order chi connectivity index (χ0) is 29.3. The van der Waals surface area contributed by atoms with E-state index in [1.54, 1.807) is 6.07 Å². The second-order valence-electron chi connectivity index (χ2n) is 8.64. The fourth-order valence-electron chi connectivity index (χ4n) is 3.64. The lowest BCUT2D eigenvalue weighted by atomic mass is 10.1. The number of alkyl halides is 2. The number of halogens is 5. The van der Waals surface area contributed by atoms with Crippen LogP contribution in [0.5, 0.6) is 0 Å². The van der Waals surface area contributed by atoms with Crippen molar-refractivity contribution in [3.05, 3.63) is 70.8 Å². The first-order valence-electron chi connectivity index (χ1n) is 11.7. The molecule has 3 rings (SSSR count). The summed E-state index contributed by atoms with van der Waals surface area (Å²) in [5.74, 6) is -5.17. The molecule has 0 fully saturated rings. The van der Waals surface area contributed by atoms with Gasteiger partial charge in [-0.15, -0.1) is 0 Å². The Bertz CT molecular complexity index is 1400. The number of amides is 2. The van der Waals surface area contributed by atoms with Gasteiger partial charge in [-0.25, -0.2) is 22.4 Å². The van der Waals surface area contributed by atoms with Gasteiger partial charge in [0.1, 0.15) is 28.9 Å². The molecular formula is C25H24ClF4N6O4+. The van der Waals surface area contributed by atoms with Crippen LogP contribution in [0.15, 0.2) is 58.2 Å². The lowest BCUT2D eigenvalue weighted by Crippen LogP contribution is -2.45. The van der Waals surface area contributed by atoms with Crippen molar-refractivity contribution < 1.29 is 36.4 Å². The predicted octanol–water partition coefficient (Wildman–Crippen LogP) is 5.86. The summed E-state index contributed by atoms with van der Waals surface area (Å²) in [5.41, 5.74) is 7.34. The first-order valence-corrected chi connectivity index (χ1v) is 12.1. The van der Waals surface area contributed by atoms with E-state index in [0.717, 1.165) is 11.0 Å². The Hall–Kier alpha value is -4.29. The van der Waals surface area contributed by atoms with Crippen LogP contribution in [0.25, 0.3) is 11.3 Å². The molecule has 0 saturated carbocycles. The number of nitrogens with zero attached hydrogens (tertiary/aromatic N) is 4. The summed E-state index contributed by atoms with van der Waals surface area (Å²) >= 11 is 5.92. The third kappa shape index (κ3) is 8.61. The van der Waals surface area contributed by atoms with Crippen LogP contribution < -0.4 is 10.2 Å². The molecule has 0 aliphatic carbocycles. The maximum Gasteiger partial charge on any atom is 0.412 e. The first kappa shape index (κ1) is 30.3. The van der Waals surface area contributed by atoms with Crippen molar-refractivity contribution in [2.75, 3.05) is 25.5 Å². The minimum Gasteiger partial charge on any atom is -0.447 e. The van der Waals surface area contributed by atoms with Crippen LogP contribution in [0.1, 0.15) is 18.4 Å². The van der Waals surface area contributed by atoms with Crippen LogP contribution in [-0.2, 0) is 16.0 Å². The van der Waals surface area contributed by atoms with Gasteiger partial charge in [-0.3, -0.25) is 10.1 Å². The molecule has 1 aromatic heterocycles. The zero-order valence-electron chi connectivity index (χ0n) is 21.0. The molecule has 1 heterocycles. The van der Waals surface area contributed by atoms with E-state index in [9.17, 15) is 27.2 Å². The van der Waals surface area contributed by atoms with Crippen molar-refractivity contribution in [3.63, 3.8) is 0 Å². The number of nitrogens with one attached hydrogen (secondary N) is 2. The van der Waals surface area contributed by atoms with Gasteiger partial charge in [0.2, 0.25) is 10.8 Å². The molecule has 15 heteroatoms. The Morgan fingerprint density at radius 3 is 2.73 bits per heavy atom. The molecule has 0 spiro atoms. The van der Waals surface area contributed by atoms with Crippen LogP contribution in [-0.4, -0.2) is 54.2 Å². The maximum atomic E-state index is 14.5. The SMILES string of the molecule is CN(C(=O)CCc1cccc(F)c1Cl)[C@H](COC(=O)Nc1cc(-c2cccc(F)c2)on1)CC(F)(F)CN=[N+]=N. The molecule has 2 N–H and O–H groups in total. The highest BCUT2D eigenvalue weighted by Crippen LogP contribution is 2.26. The number of aromatic nitrogens is 1. The van der Waals surface area contributed by atoms with Crippen LogP contribution in [0.3, 0.4) is 0 Å². The summed E-state index contributed by atoms with van der Waals surface area (Å²) < 4.78 is 66.2. The average Bonchev–Trinajstić information content (AvgIpc) is 3.38. The molecular weight excluding hydrogens is 560 g/mol. The number of benzene rings is 2. The number of carbonyl (C=O) groups is 2. The number of anilines is 1. The largest absolute Gasteiger partial charge is 0.447 e. The van der Waals surface area contributed by atoms with Crippen molar-refractivity contribution >= 4 is 29.4 Å². The van der Waals surface area contributed by atoms with Gasteiger partial charge in [0.05, 0.1) is 11.1 Å². The normalized spacial score (nSPS) is 11.8. The molecule has 10 nitrogen and oxygen atoms in total. The number of rotatable bonds is 12. The lowest BCUT2D eigenvalue weighted by Gasteiger charge is -2.30. The van der Waals surface area contributed by atoms with E-state index in [0.29, 0.717) is 11.1 Å². The highest BCUT2D eigenvalue weighted by molar-refractivity contribution is 6.31. The number of aryl methyl sites for hydroxylation is 1. The summed E-state index contributed by atoms with van der Waals surface area (Å²) in [6.45, 7) is -1.75. The van der Waals surface area contributed by atoms with Gasteiger partial charge >= 0.3 is 6.09 Å². The minimum atomic E-state index is -3.48. The first-order chi connectivity index (χ1) is 19.0. The van der Waals surface area contributed by atoms with Crippen molar-refractivity contribution in [1.82, 2.24) is 15.0 Å². The molecule has 212 valence electrons. The molecule has 0 aliphatic rings. The Morgan fingerprint density at radius 1 is 1.25 bits per heavy atom. The number of hydrogen-bond donors (Lipinski definition) is 2. The molecule has 3 aromatic rings. The summed E-state index contributed by atoms with van der Waals surface area (Å²) in [6, 6.07) is 9.58. The highest BCUT2D eigenvalue weighted by atomic mass is 35.5. The Balaban J connectivity index is 1.65. The maximum absolute atomic E-state index is 14.5. The van der Waals surface area contributed by atoms with Gasteiger partial charge in [0.15, 0.2) is 18.1 Å². The molecule has 0 bridgehead atoms. The fourth-order valence-corrected chi connectivity index (χ4v) is 3.86. The molecule has 40 heavy (non-hydrogen) atoms. The van der Waals surface area contributed by atoms with E-state index in [-0.39, 0.29) is 29.4 Å². The minimum absolute atomic E-state index is 0.0388. The van der Waals surface area contributed by atoms with Crippen LogP contribution in [0, 0.1) is 17.2 Å². The van der Waals surface area contributed by atoms with Crippen molar-refractivity contribution in [3.8, 4) is 11.3 Å². The third-order valence-electron chi connectivity index (χ3n) is 5.74. The topological polar surface area (TPSA) is 135 Å². The third-order valence-corrected chi connectivity index (χ3v) is 6.17. The Kier molecular flexibility index (Phi) is 10.3. The summed E-state index contributed by atoms with van der Waals surface area (Å²) in [5, 5.41) is 8.77. The van der Waals surface area contributed by atoms with Gasteiger partial charge in [-0.1, -0.05) is 41.0 Å². The molecule has 2 aromatic carbocycles. The van der Waals surface area contributed by atoms with Gasteiger partial charge in [0, 0.05) is 31.5 Å². The smallest absolute Gasteiger partial charge is 0.412 e. The quantitative estimate of drug-likeness (QED) is 0.156.